The maximum absolute atomic E-state index is 15.0. The van der Waals surface area contributed by atoms with E-state index < -0.39 is 11.9 Å². The van der Waals surface area contributed by atoms with E-state index in [9.17, 15) is 19.8 Å². The Bertz CT molecular complexity index is 3420. The van der Waals surface area contributed by atoms with Gasteiger partial charge in [-0.15, -0.1) is 0 Å². The highest BCUT2D eigenvalue weighted by molar-refractivity contribution is 6.05. The summed E-state index contributed by atoms with van der Waals surface area (Å²) < 4.78 is 81.9. The smallest absolute Gasteiger partial charge is 0.339 e. The van der Waals surface area contributed by atoms with Crippen LogP contribution in [0.15, 0.2) is 170 Å². The van der Waals surface area contributed by atoms with Crippen LogP contribution in [0.4, 0.5) is 0 Å². The van der Waals surface area contributed by atoms with Crippen LogP contribution in [0, 0.1) is 0 Å². The molecule has 9 aromatic rings. The first-order valence-electron chi connectivity index (χ1n) is 28.4. The molecule has 466 valence electrons. The molecule has 0 aliphatic carbocycles. The van der Waals surface area contributed by atoms with E-state index in [0.717, 1.165) is 22.3 Å². The lowest BCUT2D eigenvalue weighted by atomic mass is 9.90. The Morgan fingerprint density at radius 3 is 0.700 bits per heavy atom. The Morgan fingerprint density at radius 2 is 0.478 bits per heavy atom. The number of aliphatic hydroxyl groups excluding tert-OH is 2. The van der Waals surface area contributed by atoms with Crippen molar-refractivity contribution in [3.8, 4) is 91.2 Å². The zero-order chi connectivity index (χ0) is 63.5. The van der Waals surface area contributed by atoms with E-state index in [1.165, 1.54) is 0 Å². The van der Waals surface area contributed by atoms with Gasteiger partial charge in [0, 0.05) is 36.4 Å². The Balaban J connectivity index is 1.05. The number of ether oxygens (including phenoxy) is 14. The van der Waals surface area contributed by atoms with Gasteiger partial charge < -0.3 is 76.5 Å². The zero-order valence-electron chi connectivity index (χ0n) is 51.2. The topological polar surface area (TPSA) is 204 Å². The standard InChI is InChI=1S/C72H70O18/c1-77-55-17-47(18-56(29-55)78-2)39-85-63-25-51(26-64(33-63)86-40-48-19-57(79-3)30-58(20-48)80-4)43-89-71(75)69-35-68(54-15-11-46(38-74)12-16-54)70(36-67(69)53-13-9-45(37-73)10-14-53)72(76)90-44-52-27-65(87-41-49-21-59(81-5)31-60(22-49)82-6)34-66(28-52)88-42-50-23-61(83-7)32-62(24-50)84-8/h9-36,73-74H,37-44H2,1-8H3. The molecule has 0 amide bonds. The molecule has 0 bridgehead atoms. The summed E-state index contributed by atoms with van der Waals surface area (Å²) in [6.45, 7) is -0.443. The van der Waals surface area contributed by atoms with E-state index in [-0.39, 0.29) is 64.0 Å². The maximum atomic E-state index is 15.0. The molecule has 0 radical (unpaired) electrons. The van der Waals surface area contributed by atoms with Crippen LogP contribution < -0.4 is 56.8 Å². The largest absolute Gasteiger partial charge is 0.497 e. The Kier molecular flexibility index (Phi) is 21.9. The fraction of sp³-hybridized carbons (Fsp3) is 0.222. The van der Waals surface area contributed by atoms with Crippen LogP contribution in [0.5, 0.6) is 69.0 Å². The van der Waals surface area contributed by atoms with E-state index in [0.29, 0.717) is 114 Å². The minimum absolute atomic E-state index is 0.112. The highest BCUT2D eigenvalue weighted by atomic mass is 16.5. The lowest BCUT2D eigenvalue weighted by molar-refractivity contribution is 0.0459. The molecular weight excluding hydrogens is 1150 g/mol. The molecule has 90 heavy (non-hydrogen) atoms. The molecule has 18 nitrogen and oxygen atoms in total. The molecule has 0 aromatic heterocycles. The summed E-state index contributed by atoms with van der Waals surface area (Å²) in [7, 11) is 12.6. The van der Waals surface area contributed by atoms with Crippen molar-refractivity contribution in [1.29, 1.82) is 0 Å². The lowest BCUT2D eigenvalue weighted by Crippen LogP contribution is -2.12. The number of carbonyl (C=O) groups is 2. The van der Waals surface area contributed by atoms with Crippen molar-refractivity contribution < 1.29 is 86.1 Å². The van der Waals surface area contributed by atoms with Gasteiger partial charge in [-0.2, -0.15) is 0 Å². The van der Waals surface area contributed by atoms with Gasteiger partial charge >= 0.3 is 11.9 Å². The van der Waals surface area contributed by atoms with Crippen molar-refractivity contribution in [2.45, 2.75) is 52.9 Å². The molecule has 0 saturated heterocycles. The van der Waals surface area contributed by atoms with Crippen LogP contribution in [0.1, 0.15) is 65.2 Å². The van der Waals surface area contributed by atoms with Crippen molar-refractivity contribution in [1.82, 2.24) is 0 Å². The third kappa shape index (κ3) is 16.9. The predicted octanol–water partition coefficient (Wildman–Crippen LogP) is 13.1. The second kappa shape index (κ2) is 30.9. The number of carbonyl (C=O) groups excluding carboxylic acids is 2. The minimum Gasteiger partial charge on any atom is -0.497 e. The Labute approximate surface area is 522 Å². The minimum atomic E-state index is -0.728. The van der Waals surface area contributed by atoms with Crippen LogP contribution in [-0.2, 0) is 62.3 Å². The first-order chi connectivity index (χ1) is 43.8. The summed E-state index contributed by atoms with van der Waals surface area (Å²) in [6.07, 6.45) is 0. The number of hydrogen-bond donors (Lipinski definition) is 2. The van der Waals surface area contributed by atoms with E-state index in [1.807, 2.05) is 48.5 Å². The molecule has 0 saturated carbocycles. The first-order valence-corrected chi connectivity index (χ1v) is 28.4. The average Bonchev–Trinajstić information content (AvgIpc) is 1.49. The molecule has 0 atom stereocenters. The molecule has 2 N–H and O–H groups in total. The third-order valence-corrected chi connectivity index (χ3v) is 14.4. The monoisotopic (exact) mass is 1220 g/mol. The van der Waals surface area contributed by atoms with Crippen molar-refractivity contribution in [2.75, 3.05) is 56.9 Å². The van der Waals surface area contributed by atoms with Gasteiger partial charge in [0.1, 0.15) is 109 Å². The van der Waals surface area contributed by atoms with E-state index >= 15 is 0 Å². The lowest BCUT2D eigenvalue weighted by Gasteiger charge is -2.18. The van der Waals surface area contributed by atoms with Crippen molar-refractivity contribution in [3.63, 3.8) is 0 Å². The predicted molar refractivity (Wildman–Crippen MR) is 336 cm³/mol. The normalized spacial score (nSPS) is 10.8. The molecule has 0 aliphatic heterocycles. The highest BCUT2D eigenvalue weighted by Crippen LogP contribution is 2.37. The fourth-order valence-electron chi connectivity index (χ4n) is 9.67. The fourth-order valence-corrected chi connectivity index (χ4v) is 9.67. The number of aliphatic hydroxyl groups is 2. The summed E-state index contributed by atoms with van der Waals surface area (Å²) in [6, 6.07) is 49.4. The second-order valence-corrected chi connectivity index (χ2v) is 20.5. The first kappa shape index (κ1) is 63.9. The molecule has 0 heterocycles. The van der Waals surface area contributed by atoms with Crippen molar-refractivity contribution >= 4 is 11.9 Å². The number of rotatable bonds is 30. The van der Waals surface area contributed by atoms with Crippen LogP contribution in [0.25, 0.3) is 22.3 Å². The van der Waals surface area contributed by atoms with E-state index in [2.05, 4.69) is 0 Å². The van der Waals surface area contributed by atoms with Crippen LogP contribution >= 0.6 is 0 Å². The molecule has 18 heteroatoms. The van der Waals surface area contributed by atoms with Gasteiger partial charge in [0.2, 0.25) is 0 Å². The molecule has 0 fully saturated rings. The molecule has 0 spiro atoms. The molecule has 9 rings (SSSR count). The Hall–Kier alpha value is -10.6. The van der Waals surface area contributed by atoms with Gasteiger partial charge in [-0.3, -0.25) is 0 Å². The summed E-state index contributed by atoms with van der Waals surface area (Å²) in [5, 5.41) is 20.1. The number of esters is 2. The zero-order valence-corrected chi connectivity index (χ0v) is 51.2. The average molecular weight is 1220 g/mol. The van der Waals surface area contributed by atoms with Crippen LogP contribution in [-0.4, -0.2) is 79.0 Å². The van der Waals surface area contributed by atoms with Gasteiger partial charge in [0.25, 0.3) is 0 Å². The highest BCUT2D eigenvalue weighted by Gasteiger charge is 2.25. The number of benzene rings is 9. The number of hydrogen-bond acceptors (Lipinski definition) is 18. The Morgan fingerprint density at radius 1 is 0.267 bits per heavy atom. The van der Waals surface area contributed by atoms with Crippen molar-refractivity contribution in [3.05, 3.63) is 225 Å². The van der Waals surface area contributed by atoms with Gasteiger partial charge in [0.05, 0.1) is 81.2 Å². The van der Waals surface area contributed by atoms with Gasteiger partial charge in [-0.25, -0.2) is 9.59 Å². The van der Waals surface area contributed by atoms with E-state index in [4.69, 9.17) is 66.3 Å². The SMILES string of the molecule is COc1cc(COc2cc(COC(=O)c3cc(-c4ccc(CO)cc4)c(C(=O)OCc4cc(OCc5cc(OC)cc(OC)c5)cc(OCc5cc(OC)cc(OC)c5)c4)cc3-c3ccc(CO)cc3)cc(OCc3cc(OC)cc(OC)c3)c2)cc(OC)c1. The second-order valence-electron chi connectivity index (χ2n) is 20.5. The van der Waals surface area contributed by atoms with Gasteiger partial charge in [-0.05, 0) is 152 Å². The quantitative estimate of drug-likeness (QED) is 0.0402. The molecule has 0 unspecified atom stereocenters. The van der Waals surface area contributed by atoms with Gasteiger partial charge in [-0.1, -0.05) is 48.5 Å². The third-order valence-electron chi connectivity index (χ3n) is 14.4. The summed E-state index contributed by atoms with van der Waals surface area (Å²) in [4.78, 5) is 29.9. The van der Waals surface area contributed by atoms with Crippen LogP contribution in [0.3, 0.4) is 0 Å². The van der Waals surface area contributed by atoms with Crippen LogP contribution in [0.2, 0.25) is 0 Å². The van der Waals surface area contributed by atoms with Crippen molar-refractivity contribution in [2.24, 2.45) is 0 Å². The molecular formula is C72H70O18. The van der Waals surface area contributed by atoms with Gasteiger partial charge in [0.15, 0.2) is 0 Å². The summed E-state index contributed by atoms with van der Waals surface area (Å²) >= 11 is 0. The summed E-state index contributed by atoms with van der Waals surface area (Å²) in [5.41, 5.74) is 7.37. The molecule has 9 aromatic carbocycles. The maximum Gasteiger partial charge on any atom is 0.339 e. The number of methoxy groups -OCH3 is 8. The van der Waals surface area contributed by atoms with E-state index in [1.54, 1.807) is 178 Å². The molecule has 0 aliphatic rings. The summed E-state index contributed by atoms with van der Waals surface area (Å²) in [5.74, 6) is 4.91.